The van der Waals surface area contributed by atoms with Gasteiger partial charge in [0.1, 0.15) is 11.6 Å². The van der Waals surface area contributed by atoms with Crippen molar-refractivity contribution in [3.8, 4) is 16.9 Å². The summed E-state index contributed by atoms with van der Waals surface area (Å²) in [5.41, 5.74) is 15.9. The van der Waals surface area contributed by atoms with Crippen LogP contribution in [0.25, 0.3) is 11.1 Å². The minimum Gasteiger partial charge on any atom is -0.508 e. The third kappa shape index (κ3) is 3.23. The summed E-state index contributed by atoms with van der Waals surface area (Å²) in [7, 11) is 0. The highest BCUT2D eigenvalue weighted by Crippen LogP contribution is 2.33. The number of benzene rings is 2. The maximum atomic E-state index is 9.70. The smallest absolute Gasteiger partial charge is 0.154 e. The molecule has 0 aliphatic carbocycles. The summed E-state index contributed by atoms with van der Waals surface area (Å²) in [6.45, 7) is 1.98. The molecule has 0 atom stereocenters. The van der Waals surface area contributed by atoms with Gasteiger partial charge in [0.2, 0.25) is 0 Å². The van der Waals surface area contributed by atoms with Gasteiger partial charge in [-0.3, -0.25) is 5.41 Å². The molecule has 0 unspecified atom stereocenters. The van der Waals surface area contributed by atoms with E-state index < -0.39 is 0 Å². The fourth-order valence-electron chi connectivity index (χ4n) is 2.65. The Morgan fingerprint density at radius 1 is 1.16 bits per heavy atom. The van der Waals surface area contributed by atoms with Gasteiger partial charge in [0.05, 0.1) is 11.3 Å². The number of amidine groups is 1. The number of nitrogens with zero attached hydrogens (tertiary/aromatic N) is 1. The Bertz CT molecular complexity index is 952. The first-order valence-corrected chi connectivity index (χ1v) is 7.72. The van der Waals surface area contributed by atoms with Crippen LogP contribution >= 0.6 is 0 Å². The van der Waals surface area contributed by atoms with Gasteiger partial charge in [0, 0.05) is 17.4 Å². The lowest BCUT2D eigenvalue weighted by Gasteiger charge is -2.16. The Labute approximate surface area is 145 Å². The van der Waals surface area contributed by atoms with Crippen molar-refractivity contribution in [1.29, 1.82) is 5.41 Å². The van der Waals surface area contributed by atoms with E-state index in [1.807, 2.05) is 31.2 Å². The van der Waals surface area contributed by atoms with E-state index in [0.29, 0.717) is 22.5 Å². The zero-order chi connectivity index (χ0) is 18.0. The van der Waals surface area contributed by atoms with Crippen molar-refractivity contribution in [2.75, 3.05) is 11.1 Å². The van der Waals surface area contributed by atoms with E-state index in [-0.39, 0.29) is 17.3 Å². The number of anilines is 3. The van der Waals surface area contributed by atoms with Crippen molar-refractivity contribution in [3.05, 3.63) is 65.9 Å². The summed E-state index contributed by atoms with van der Waals surface area (Å²) in [6, 6.07) is 14.4. The molecular formula is C19H19N5O. The SMILES string of the molecule is Cc1ccccc1Nc1ncc(-c2cccc(O)c2)c(C(=N)N)c1N. The van der Waals surface area contributed by atoms with Gasteiger partial charge in [-0.1, -0.05) is 30.3 Å². The number of nitrogen functional groups attached to an aromatic ring is 2. The lowest BCUT2D eigenvalue weighted by atomic mass is 9.99. The summed E-state index contributed by atoms with van der Waals surface area (Å²) in [5.74, 6) is 0.391. The minimum absolute atomic E-state index is 0.118. The molecule has 3 rings (SSSR count). The van der Waals surface area contributed by atoms with Gasteiger partial charge in [-0.05, 0) is 36.2 Å². The van der Waals surface area contributed by atoms with Crippen LogP contribution in [0.1, 0.15) is 11.1 Å². The van der Waals surface area contributed by atoms with E-state index in [0.717, 1.165) is 11.3 Å². The lowest BCUT2D eigenvalue weighted by molar-refractivity contribution is 0.475. The number of para-hydroxylation sites is 1. The highest BCUT2D eigenvalue weighted by Gasteiger charge is 2.17. The number of aryl methyl sites for hydroxylation is 1. The van der Waals surface area contributed by atoms with Gasteiger partial charge in [-0.15, -0.1) is 0 Å². The zero-order valence-corrected chi connectivity index (χ0v) is 13.7. The number of phenols is 1. The molecule has 0 saturated heterocycles. The van der Waals surface area contributed by atoms with Crippen molar-refractivity contribution in [2.45, 2.75) is 6.92 Å². The first-order chi connectivity index (χ1) is 12.0. The van der Waals surface area contributed by atoms with Crippen LogP contribution in [0.3, 0.4) is 0 Å². The lowest BCUT2D eigenvalue weighted by Crippen LogP contribution is -2.17. The first-order valence-electron chi connectivity index (χ1n) is 7.72. The second kappa shape index (κ2) is 6.52. The Balaban J connectivity index is 2.11. The maximum absolute atomic E-state index is 9.70. The number of hydrogen-bond donors (Lipinski definition) is 5. The topological polar surface area (TPSA) is 121 Å². The van der Waals surface area contributed by atoms with Crippen LogP contribution in [-0.4, -0.2) is 15.9 Å². The molecule has 0 amide bonds. The van der Waals surface area contributed by atoms with Crippen molar-refractivity contribution < 1.29 is 5.11 Å². The monoisotopic (exact) mass is 333 g/mol. The van der Waals surface area contributed by atoms with Crippen molar-refractivity contribution in [3.63, 3.8) is 0 Å². The van der Waals surface area contributed by atoms with Crippen molar-refractivity contribution >= 4 is 23.0 Å². The molecule has 0 bridgehead atoms. The second-order valence-electron chi connectivity index (χ2n) is 5.71. The molecule has 7 N–H and O–H groups in total. The van der Waals surface area contributed by atoms with E-state index in [9.17, 15) is 5.11 Å². The van der Waals surface area contributed by atoms with Gasteiger partial charge in [0.15, 0.2) is 5.82 Å². The van der Waals surface area contributed by atoms with Crippen LogP contribution in [0, 0.1) is 12.3 Å². The third-order valence-corrected chi connectivity index (χ3v) is 3.94. The average Bonchev–Trinajstić information content (AvgIpc) is 2.58. The van der Waals surface area contributed by atoms with Crippen LogP contribution in [-0.2, 0) is 0 Å². The molecule has 6 heteroatoms. The predicted octanol–water partition coefficient (Wildman–Crippen LogP) is 3.37. The summed E-state index contributed by atoms with van der Waals surface area (Å²) < 4.78 is 0. The highest BCUT2D eigenvalue weighted by molar-refractivity contribution is 6.08. The van der Waals surface area contributed by atoms with Gasteiger partial charge in [-0.2, -0.15) is 0 Å². The average molecular weight is 333 g/mol. The molecule has 0 saturated carbocycles. The molecule has 0 aliphatic rings. The Hall–Kier alpha value is -3.54. The molecule has 1 heterocycles. The molecule has 25 heavy (non-hydrogen) atoms. The number of rotatable bonds is 4. The Kier molecular flexibility index (Phi) is 4.26. The number of aromatic nitrogens is 1. The normalized spacial score (nSPS) is 10.4. The van der Waals surface area contributed by atoms with Crippen LogP contribution in [0.5, 0.6) is 5.75 Å². The zero-order valence-electron chi connectivity index (χ0n) is 13.7. The molecule has 0 spiro atoms. The quantitative estimate of drug-likeness (QED) is 0.370. The number of nitrogens with two attached hydrogens (primary N) is 2. The molecule has 0 fully saturated rings. The number of aromatic hydroxyl groups is 1. The van der Waals surface area contributed by atoms with Gasteiger partial charge in [0.25, 0.3) is 0 Å². The molecule has 1 aromatic heterocycles. The summed E-state index contributed by atoms with van der Waals surface area (Å²) in [4.78, 5) is 4.39. The van der Waals surface area contributed by atoms with Crippen LogP contribution in [0.4, 0.5) is 17.2 Å². The highest BCUT2D eigenvalue weighted by atomic mass is 16.3. The van der Waals surface area contributed by atoms with E-state index in [4.69, 9.17) is 16.9 Å². The van der Waals surface area contributed by atoms with Gasteiger partial charge in [-0.25, -0.2) is 4.98 Å². The van der Waals surface area contributed by atoms with E-state index in [1.54, 1.807) is 30.5 Å². The summed E-state index contributed by atoms with van der Waals surface area (Å²) in [6.07, 6.45) is 1.60. The molecule has 2 aromatic carbocycles. The van der Waals surface area contributed by atoms with Crippen LogP contribution in [0.2, 0.25) is 0 Å². The largest absolute Gasteiger partial charge is 0.508 e. The van der Waals surface area contributed by atoms with E-state index >= 15 is 0 Å². The molecule has 126 valence electrons. The molecule has 0 radical (unpaired) electrons. The second-order valence-corrected chi connectivity index (χ2v) is 5.71. The van der Waals surface area contributed by atoms with Gasteiger partial charge >= 0.3 is 0 Å². The Morgan fingerprint density at radius 2 is 1.92 bits per heavy atom. The fraction of sp³-hybridized carbons (Fsp3) is 0.0526. The number of nitrogens with one attached hydrogen (secondary N) is 2. The van der Waals surface area contributed by atoms with Crippen LogP contribution < -0.4 is 16.8 Å². The summed E-state index contributed by atoms with van der Waals surface area (Å²) >= 11 is 0. The van der Waals surface area contributed by atoms with E-state index in [2.05, 4.69) is 10.3 Å². The minimum atomic E-state index is -0.161. The number of phenolic OH excluding ortho intramolecular Hbond substituents is 1. The van der Waals surface area contributed by atoms with Crippen LogP contribution in [0.15, 0.2) is 54.7 Å². The Morgan fingerprint density at radius 3 is 2.60 bits per heavy atom. The fourth-order valence-corrected chi connectivity index (χ4v) is 2.65. The van der Waals surface area contributed by atoms with Gasteiger partial charge < -0.3 is 21.9 Å². The van der Waals surface area contributed by atoms with Crippen molar-refractivity contribution in [1.82, 2.24) is 4.98 Å². The maximum Gasteiger partial charge on any atom is 0.154 e. The molecular weight excluding hydrogens is 314 g/mol. The third-order valence-electron chi connectivity index (χ3n) is 3.94. The summed E-state index contributed by atoms with van der Waals surface area (Å²) in [5, 5.41) is 20.8. The first kappa shape index (κ1) is 16.3. The van der Waals surface area contributed by atoms with E-state index in [1.165, 1.54) is 0 Å². The number of hydrogen-bond acceptors (Lipinski definition) is 5. The molecule has 3 aromatic rings. The standard InChI is InChI=1S/C19H19N5O/c1-11-5-2-3-8-15(11)24-19-17(20)16(18(21)22)14(10-23-19)12-6-4-7-13(25)9-12/h2-10,25H,20H2,1H3,(H3,21,22)(H,23,24). The molecule has 0 aliphatic heterocycles. The molecule has 6 nitrogen and oxygen atoms in total. The predicted molar refractivity (Wildman–Crippen MR) is 101 cm³/mol. The van der Waals surface area contributed by atoms with Crippen molar-refractivity contribution in [2.24, 2.45) is 5.73 Å². The number of pyridine rings is 1.